The number of benzene rings is 1. The molecule has 0 amide bonds. The quantitative estimate of drug-likeness (QED) is 0.829. The zero-order valence-electron chi connectivity index (χ0n) is 10.0. The van der Waals surface area contributed by atoms with Crippen LogP contribution in [0.3, 0.4) is 0 Å². The number of halogens is 4. The Morgan fingerprint density at radius 1 is 1.39 bits per heavy atom. The van der Waals surface area contributed by atoms with Crippen LogP contribution in [0.1, 0.15) is 25.3 Å². The zero-order chi connectivity index (χ0) is 13.3. The zero-order valence-corrected chi connectivity index (χ0v) is 11.6. The van der Waals surface area contributed by atoms with Crippen molar-refractivity contribution in [3.8, 4) is 0 Å². The van der Waals surface area contributed by atoms with Crippen molar-refractivity contribution in [3.63, 3.8) is 0 Å². The molecule has 0 spiro atoms. The van der Waals surface area contributed by atoms with Crippen LogP contribution in [-0.4, -0.2) is 6.54 Å². The summed E-state index contributed by atoms with van der Waals surface area (Å²) in [6.07, 6.45) is -1.74. The van der Waals surface area contributed by atoms with Crippen LogP contribution in [0.15, 0.2) is 22.7 Å². The second-order valence-electron chi connectivity index (χ2n) is 4.89. The summed E-state index contributed by atoms with van der Waals surface area (Å²) in [4.78, 5) is 0. The van der Waals surface area contributed by atoms with Gasteiger partial charge in [-0.2, -0.15) is 13.2 Å². The van der Waals surface area contributed by atoms with Gasteiger partial charge in [0.15, 0.2) is 0 Å². The summed E-state index contributed by atoms with van der Waals surface area (Å²) in [6, 6.07) is 3.70. The molecule has 1 atom stereocenters. The number of alkyl halides is 3. The van der Waals surface area contributed by atoms with Crippen molar-refractivity contribution in [2.45, 2.75) is 25.9 Å². The van der Waals surface area contributed by atoms with E-state index in [0.29, 0.717) is 10.4 Å². The fourth-order valence-corrected chi connectivity index (χ4v) is 2.46. The highest BCUT2D eigenvalue weighted by Gasteiger charge is 2.31. The molecule has 18 heavy (non-hydrogen) atoms. The van der Waals surface area contributed by atoms with Crippen LogP contribution in [0.25, 0.3) is 0 Å². The van der Waals surface area contributed by atoms with E-state index in [1.54, 1.807) is 0 Å². The molecule has 1 aliphatic carbocycles. The van der Waals surface area contributed by atoms with Gasteiger partial charge in [-0.05, 0) is 58.8 Å². The van der Waals surface area contributed by atoms with E-state index in [0.717, 1.165) is 30.3 Å². The first-order valence-corrected chi connectivity index (χ1v) is 6.78. The molecule has 0 radical (unpaired) electrons. The molecule has 1 saturated carbocycles. The van der Waals surface area contributed by atoms with Gasteiger partial charge in [0.05, 0.1) is 5.56 Å². The largest absolute Gasteiger partial charge is 0.416 e. The van der Waals surface area contributed by atoms with E-state index in [1.807, 2.05) is 0 Å². The Bertz CT molecular complexity index is 427. The lowest BCUT2D eigenvalue weighted by molar-refractivity contribution is -0.137. The molecule has 5 heteroatoms. The van der Waals surface area contributed by atoms with E-state index >= 15 is 0 Å². The molecule has 0 aromatic heterocycles. The average molecular weight is 322 g/mol. The summed E-state index contributed by atoms with van der Waals surface area (Å²) < 4.78 is 37.9. The number of hydrogen-bond acceptors (Lipinski definition) is 1. The van der Waals surface area contributed by atoms with Crippen molar-refractivity contribution in [1.29, 1.82) is 0 Å². The molecule has 0 aliphatic heterocycles. The van der Waals surface area contributed by atoms with Gasteiger partial charge in [-0.25, -0.2) is 0 Å². The lowest BCUT2D eigenvalue weighted by Crippen LogP contribution is -2.13. The summed E-state index contributed by atoms with van der Waals surface area (Å²) in [5, 5.41) is 3.20. The van der Waals surface area contributed by atoms with Gasteiger partial charge in [-0.1, -0.05) is 6.92 Å². The lowest BCUT2D eigenvalue weighted by atomic mass is 10.1. The normalized spacial score (nSPS) is 17.6. The molecular weight excluding hydrogens is 307 g/mol. The van der Waals surface area contributed by atoms with Gasteiger partial charge in [0.2, 0.25) is 0 Å². The van der Waals surface area contributed by atoms with E-state index in [-0.39, 0.29) is 0 Å². The SMILES string of the molecule is CC(CNc1ccc(C(F)(F)F)cc1Br)C1CC1. The molecule has 2 rings (SSSR count). The van der Waals surface area contributed by atoms with Gasteiger partial charge in [0.25, 0.3) is 0 Å². The van der Waals surface area contributed by atoms with Gasteiger partial charge >= 0.3 is 6.18 Å². The molecule has 1 unspecified atom stereocenters. The van der Waals surface area contributed by atoms with Gasteiger partial charge in [-0.3, -0.25) is 0 Å². The van der Waals surface area contributed by atoms with E-state index in [9.17, 15) is 13.2 Å². The van der Waals surface area contributed by atoms with Gasteiger partial charge < -0.3 is 5.32 Å². The summed E-state index contributed by atoms with van der Waals surface area (Å²) in [5.41, 5.74) is 0.0886. The first-order valence-electron chi connectivity index (χ1n) is 5.98. The molecule has 1 fully saturated rings. The number of nitrogens with one attached hydrogen (secondary N) is 1. The maximum Gasteiger partial charge on any atom is 0.416 e. The number of anilines is 1. The minimum atomic E-state index is -4.29. The van der Waals surface area contributed by atoms with Gasteiger partial charge in [0.1, 0.15) is 0 Å². The lowest BCUT2D eigenvalue weighted by Gasteiger charge is -2.15. The summed E-state index contributed by atoms with van der Waals surface area (Å²) in [5.74, 6) is 1.35. The topological polar surface area (TPSA) is 12.0 Å². The minimum absolute atomic E-state index is 0.459. The van der Waals surface area contributed by atoms with Crippen LogP contribution >= 0.6 is 15.9 Å². The third-order valence-corrected chi connectivity index (χ3v) is 3.99. The summed E-state index contributed by atoms with van der Waals surface area (Å²) in [7, 11) is 0. The van der Waals surface area contributed by atoms with Crippen molar-refractivity contribution in [2.24, 2.45) is 11.8 Å². The van der Waals surface area contributed by atoms with Crippen molar-refractivity contribution >= 4 is 21.6 Å². The molecular formula is C13H15BrF3N. The minimum Gasteiger partial charge on any atom is -0.384 e. The second kappa shape index (κ2) is 5.11. The van der Waals surface area contributed by atoms with Crippen LogP contribution in [0.5, 0.6) is 0 Å². The van der Waals surface area contributed by atoms with Crippen molar-refractivity contribution in [1.82, 2.24) is 0 Å². The fraction of sp³-hybridized carbons (Fsp3) is 0.538. The number of hydrogen-bond donors (Lipinski definition) is 1. The maximum atomic E-state index is 12.5. The van der Waals surface area contributed by atoms with E-state index in [4.69, 9.17) is 0 Å². The molecule has 0 heterocycles. The van der Waals surface area contributed by atoms with Crippen molar-refractivity contribution < 1.29 is 13.2 Å². The summed E-state index contributed by atoms with van der Waals surface area (Å²) >= 11 is 3.18. The highest BCUT2D eigenvalue weighted by molar-refractivity contribution is 9.10. The van der Waals surface area contributed by atoms with E-state index in [2.05, 4.69) is 28.2 Å². The Balaban J connectivity index is 2.00. The third kappa shape index (κ3) is 3.40. The van der Waals surface area contributed by atoms with Crippen LogP contribution in [0, 0.1) is 11.8 Å². The Morgan fingerprint density at radius 2 is 2.06 bits per heavy atom. The monoisotopic (exact) mass is 321 g/mol. The Morgan fingerprint density at radius 3 is 2.56 bits per heavy atom. The molecule has 1 aliphatic rings. The molecule has 0 bridgehead atoms. The van der Waals surface area contributed by atoms with Crippen LogP contribution in [0.4, 0.5) is 18.9 Å². The maximum absolute atomic E-state index is 12.5. The van der Waals surface area contributed by atoms with Crippen molar-refractivity contribution in [2.75, 3.05) is 11.9 Å². The first-order chi connectivity index (χ1) is 8.38. The molecule has 1 aromatic carbocycles. The summed E-state index contributed by atoms with van der Waals surface area (Å²) in [6.45, 7) is 2.97. The average Bonchev–Trinajstić information content (AvgIpc) is 3.09. The Kier molecular flexibility index (Phi) is 3.90. The second-order valence-corrected chi connectivity index (χ2v) is 5.74. The predicted molar refractivity (Wildman–Crippen MR) is 69.5 cm³/mol. The van der Waals surface area contributed by atoms with Gasteiger partial charge in [-0.15, -0.1) is 0 Å². The highest BCUT2D eigenvalue weighted by atomic mass is 79.9. The van der Waals surface area contributed by atoms with E-state index in [1.165, 1.54) is 18.9 Å². The number of rotatable bonds is 4. The van der Waals surface area contributed by atoms with Crippen LogP contribution < -0.4 is 5.32 Å². The van der Waals surface area contributed by atoms with Crippen LogP contribution in [0.2, 0.25) is 0 Å². The predicted octanol–water partition coefficient (Wildman–Crippen LogP) is 4.93. The van der Waals surface area contributed by atoms with Crippen molar-refractivity contribution in [3.05, 3.63) is 28.2 Å². The Labute approximate surface area is 113 Å². The molecule has 1 nitrogen and oxygen atoms in total. The smallest absolute Gasteiger partial charge is 0.384 e. The fourth-order valence-electron chi connectivity index (χ4n) is 1.94. The highest BCUT2D eigenvalue weighted by Crippen LogP contribution is 2.37. The third-order valence-electron chi connectivity index (χ3n) is 3.34. The molecule has 100 valence electrons. The molecule has 0 saturated heterocycles. The molecule has 1 N–H and O–H groups in total. The van der Waals surface area contributed by atoms with E-state index < -0.39 is 11.7 Å². The standard InChI is InChI=1S/C13H15BrF3N/c1-8(9-2-3-9)7-18-12-5-4-10(6-11(12)14)13(15,16)17/h4-6,8-9,18H,2-3,7H2,1H3. The van der Waals surface area contributed by atoms with Crippen LogP contribution in [-0.2, 0) is 6.18 Å². The first kappa shape index (κ1) is 13.7. The molecule has 1 aromatic rings. The van der Waals surface area contributed by atoms with Gasteiger partial charge in [0, 0.05) is 16.7 Å². The Hall–Kier alpha value is -0.710.